The molecule has 2 aromatic carbocycles. The van der Waals surface area contributed by atoms with Crippen LogP contribution in [-0.2, 0) is 15.3 Å². The Kier molecular flexibility index (Phi) is 4.94. The third kappa shape index (κ3) is 3.50. The molecular formula is C26H25FN4O4. The number of fused-ring (bicyclic) bond motifs is 4. The molecule has 0 radical (unpaired) electrons. The fourth-order valence-electron chi connectivity index (χ4n) is 4.91. The molecule has 1 spiro atoms. The number of benzene rings is 2. The quantitative estimate of drug-likeness (QED) is 0.559. The normalized spacial score (nSPS) is 23.8. The average molecular weight is 477 g/mol. The van der Waals surface area contributed by atoms with E-state index in [1.54, 1.807) is 19.5 Å². The second kappa shape index (κ2) is 8.04. The van der Waals surface area contributed by atoms with E-state index in [0.29, 0.717) is 48.2 Å². The molecule has 1 fully saturated rings. The van der Waals surface area contributed by atoms with Crippen molar-refractivity contribution in [3.63, 3.8) is 0 Å². The van der Waals surface area contributed by atoms with Crippen LogP contribution < -0.4 is 9.47 Å². The number of hydrogen-bond donors (Lipinski definition) is 0. The van der Waals surface area contributed by atoms with Crippen LogP contribution in [0.4, 0.5) is 4.39 Å². The summed E-state index contributed by atoms with van der Waals surface area (Å²) in [6.45, 7) is 4.93. The van der Waals surface area contributed by atoms with Gasteiger partial charge in [-0.15, -0.1) is 0 Å². The molecule has 8 nitrogen and oxygen atoms in total. The van der Waals surface area contributed by atoms with Gasteiger partial charge in [-0.2, -0.15) is 0 Å². The highest BCUT2D eigenvalue weighted by Crippen LogP contribution is 2.48. The SMILES string of the molecule is COc1cc(/C=C2\O[C@@H](C)CN3C2=NO[C@]32CCOc3ccc(F)cc32)ccc1-n1cnc(C)c1. The lowest BCUT2D eigenvalue weighted by Gasteiger charge is -2.43. The largest absolute Gasteiger partial charge is 0.495 e. The Hall–Kier alpha value is -4.01. The predicted molar refractivity (Wildman–Crippen MR) is 127 cm³/mol. The fraction of sp³-hybridized carbons (Fsp3) is 0.308. The van der Waals surface area contributed by atoms with Crippen LogP contribution in [0.1, 0.15) is 30.2 Å². The molecule has 1 aromatic heterocycles. The van der Waals surface area contributed by atoms with Crippen molar-refractivity contribution < 1.29 is 23.4 Å². The van der Waals surface area contributed by atoms with Gasteiger partial charge in [0.1, 0.15) is 23.4 Å². The number of morpholine rings is 1. The van der Waals surface area contributed by atoms with Gasteiger partial charge in [-0.1, -0.05) is 11.2 Å². The molecule has 180 valence electrons. The summed E-state index contributed by atoms with van der Waals surface area (Å²) >= 11 is 0. The van der Waals surface area contributed by atoms with E-state index in [-0.39, 0.29) is 11.9 Å². The maximum Gasteiger partial charge on any atom is 0.244 e. The first kappa shape index (κ1) is 21.5. The highest BCUT2D eigenvalue weighted by molar-refractivity contribution is 6.01. The number of methoxy groups -OCH3 is 1. The van der Waals surface area contributed by atoms with Gasteiger partial charge >= 0.3 is 0 Å². The summed E-state index contributed by atoms with van der Waals surface area (Å²) in [6, 6.07) is 10.4. The van der Waals surface area contributed by atoms with Crippen LogP contribution in [0.3, 0.4) is 0 Å². The van der Waals surface area contributed by atoms with Gasteiger partial charge in [0.2, 0.25) is 11.6 Å². The number of amidine groups is 1. The number of aryl methyl sites for hydroxylation is 1. The molecule has 3 aromatic rings. The van der Waals surface area contributed by atoms with Gasteiger partial charge < -0.3 is 28.5 Å². The zero-order valence-electron chi connectivity index (χ0n) is 19.7. The van der Waals surface area contributed by atoms with E-state index in [0.717, 1.165) is 16.9 Å². The summed E-state index contributed by atoms with van der Waals surface area (Å²) in [5.74, 6) is 2.12. The highest BCUT2D eigenvalue weighted by Gasteiger charge is 2.54. The van der Waals surface area contributed by atoms with Crippen LogP contribution in [0.5, 0.6) is 11.5 Å². The van der Waals surface area contributed by atoms with Gasteiger partial charge in [-0.3, -0.25) is 0 Å². The van der Waals surface area contributed by atoms with Crippen molar-refractivity contribution in [2.45, 2.75) is 32.1 Å². The zero-order valence-corrected chi connectivity index (χ0v) is 19.7. The first-order chi connectivity index (χ1) is 17.0. The Balaban J connectivity index is 1.37. The van der Waals surface area contributed by atoms with Crippen molar-refractivity contribution in [3.05, 3.63) is 77.3 Å². The standard InChI is InChI=1S/C26H25FN4O4/c1-16-13-30(15-28-16)21-6-4-18(10-23(21)32-3)11-24-25-29-35-26(31(25)14-17(2)34-24)8-9-33-22-7-5-19(27)12-20(22)26/h4-7,10-13,15,17H,8-9,14H2,1-3H3/b24-11-/t17-,26-/m0/s1. The summed E-state index contributed by atoms with van der Waals surface area (Å²) in [6.07, 6.45) is 6.00. The second-order valence-electron chi connectivity index (χ2n) is 8.93. The molecule has 35 heavy (non-hydrogen) atoms. The molecule has 4 heterocycles. The maximum atomic E-state index is 14.2. The monoisotopic (exact) mass is 476 g/mol. The Morgan fingerprint density at radius 2 is 2.11 bits per heavy atom. The Morgan fingerprint density at radius 3 is 2.91 bits per heavy atom. The van der Waals surface area contributed by atoms with E-state index < -0.39 is 5.72 Å². The van der Waals surface area contributed by atoms with Crippen molar-refractivity contribution in [1.29, 1.82) is 0 Å². The first-order valence-electron chi connectivity index (χ1n) is 11.5. The van der Waals surface area contributed by atoms with Crippen LogP contribution in [0.25, 0.3) is 11.8 Å². The van der Waals surface area contributed by atoms with Gasteiger partial charge in [0.15, 0.2) is 5.76 Å². The Labute approximate surface area is 202 Å². The summed E-state index contributed by atoms with van der Waals surface area (Å²) in [4.78, 5) is 12.4. The lowest BCUT2D eigenvalue weighted by molar-refractivity contribution is -0.137. The van der Waals surface area contributed by atoms with Gasteiger partial charge in [0.05, 0.1) is 43.5 Å². The minimum atomic E-state index is -0.928. The summed E-state index contributed by atoms with van der Waals surface area (Å²) < 4.78 is 33.7. The lowest BCUT2D eigenvalue weighted by atomic mass is 9.93. The maximum absolute atomic E-state index is 14.2. The fourth-order valence-corrected chi connectivity index (χ4v) is 4.91. The smallest absolute Gasteiger partial charge is 0.244 e. The predicted octanol–water partition coefficient (Wildman–Crippen LogP) is 4.37. The molecular weight excluding hydrogens is 451 g/mol. The molecule has 3 aliphatic rings. The van der Waals surface area contributed by atoms with Crippen molar-refractivity contribution in [2.24, 2.45) is 5.16 Å². The molecule has 0 amide bonds. The van der Waals surface area contributed by atoms with Gasteiger partial charge in [-0.05, 0) is 55.8 Å². The average Bonchev–Trinajstić information content (AvgIpc) is 3.44. The van der Waals surface area contributed by atoms with E-state index in [1.807, 2.05) is 48.9 Å². The third-order valence-electron chi connectivity index (χ3n) is 6.52. The molecule has 0 saturated carbocycles. The number of imidazole rings is 1. The Bertz CT molecular complexity index is 1370. The number of ether oxygens (including phenoxy) is 3. The minimum absolute atomic E-state index is 0.131. The molecule has 0 bridgehead atoms. The number of halogens is 1. The molecule has 9 heteroatoms. The van der Waals surface area contributed by atoms with Crippen LogP contribution in [0.15, 0.2) is 59.8 Å². The van der Waals surface area contributed by atoms with E-state index >= 15 is 0 Å². The third-order valence-corrected chi connectivity index (χ3v) is 6.52. The van der Waals surface area contributed by atoms with Crippen molar-refractivity contribution in [3.8, 4) is 17.2 Å². The molecule has 1 saturated heterocycles. The number of aromatic nitrogens is 2. The van der Waals surface area contributed by atoms with E-state index in [4.69, 9.17) is 19.0 Å². The molecule has 0 unspecified atom stereocenters. The van der Waals surface area contributed by atoms with Gasteiger partial charge in [0.25, 0.3) is 0 Å². The molecule has 0 aliphatic carbocycles. The number of oxime groups is 1. The first-order valence-corrected chi connectivity index (χ1v) is 11.5. The lowest BCUT2D eigenvalue weighted by Crippen LogP contribution is -2.54. The molecule has 0 N–H and O–H groups in total. The van der Waals surface area contributed by atoms with Crippen LogP contribution in [0.2, 0.25) is 0 Å². The van der Waals surface area contributed by atoms with Crippen molar-refractivity contribution in [1.82, 2.24) is 14.5 Å². The summed E-state index contributed by atoms with van der Waals surface area (Å²) in [5.41, 5.74) is 2.40. The van der Waals surface area contributed by atoms with Crippen LogP contribution in [-0.4, -0.2) is 46.7 Å². The summed E-state index contributed by atoms with van der Waals surface area (Å²) in [7, 11) is 1.64. The summed E-state index contributed by atoms with van der Waals surface area (Å²) in [5, 5.41) is 4.41. The second-order valence-corrected chi connectivity index (χ2v) is 8.93. The van der Waals surface area contributed by atoms with Crippen LogP contribution >= 0.6 is 0 Å². The van der Waals surface area contributed by atoms with E-state index in [1.165, 1.54) is 12.1 Å². The molecule has 2 atom stereocenters. The van der Waals surface area contributed by atoms with Crippen LogP contribution in [0, 0.1) is 12.7 Å². The van der Waals surface area contributed by atoms with E-state index in [9.17, 15) is 4.39 Å². The van der Waals surface area contributed by atoms with Gasteiger partial charge in [-0.25, -0.2) is 9.37 Å². The van der Waals surface area contributed by atoms with Crippen molar-refractivity contribution in [2.75, 3.05) is 20.3 Å². The van der Waals surface area contributed by atoms with E-state index in [2.05, 4.69) is 15.0 Å². The number of nitrogens with zero attached hydrogens (tertiary/aromatic N) is 4. The number of rotatable bonds is 3. The molecule has 6 rings (SSSR count). The zero-order chi connectivity index (χ0) is 24.2. The molecule has 3 aliphatic heterocycles. The number of hydrogen-bond acceptors (Lipinski definition) is 7. The minimum Gasteiger partial charge on any atom is -0.495 e. The highest BCUT2D eigenvalue weighted by atomic mass is 19.1. The van der Waals surface area contributed by atoms with Gasteiger partial charge in [0, 0.05) is 12.6 Å². The van der Waals surface area contributed by atoms with Crippen molar-refractivity contribution >= 4 is 11.9 Å². The topological polar surface area (TPSA) is 70.3 Å². The Morgan fingerprint density at radius 1 is 1.23 bits per heavy atom.